The fraction of sp³-hybridized carbons (Fsp3) is 0.625. The first-order valence-electron chi connectivity index (χ1n) is 4.54. The van der Waals surface area contributed by atoms with Crippen LogP contribution < -0.4 is 4.57 Å². The lowest BCUT2D eigenvalue weighted by Crippen LogP contribution is -2.29. The van der Waals surface area contributed by atoms with Crippen LogP contribution in [0.1, 0.15) is 25.5 Å². The second-order valence-corrected chi connectivity index (χ2v) is 3.93. The second kappa shape index (κ2) is 6.54. The molecule has 2 N–H and O–H groups in total. The predicted octanol–water partition coefficient (Wildman–Crippen LogP) is 0.186. The van der Waals surface area contributed by atoms with Gasteiger partial charge in [-0.25, -0.2) is 18.0 Å². The van der Waals surface area contributed by atoms with E-state index in [1.807, 2.05) is 6.33 Å². The molecule has 0 saturated heterocycles. The molecular weight excluding hydrogens is 220 g/mol. The van der Waals surface area contributed by atoms with Gasteiger partial charge in [0.2, 0.25) is 16.7 Å². The molecule has 0 aliphatic rings. The third-order valence-electron chi connectivity index (χ3n) is 1.76. The highest BCUT2D eigenvalue weighted by Crippen LogP contribution is 1.96. The molecule has 1 aromatic rings. The molecule has 1 rings (SSSR count). The molecule has 88 valence electrons. The number of aromatic amines is 1. The van der Waals surface area contributed by atoms with Gasteiger partial charge in [-0.1, -0.05) is 13.3 Å². The molecule has 0 fully saturated rings. The van der Waals surface area contributed by atoms with Crippen LogP contribution >= 0.6 is 0 Å². The highest BCUT2D eigenvalue weighted by Gasteiger charge is 2.01. The summed E-state index contributed by atoms with van der Waals surface area (Å²) in [7, 11) is -2.85. The summed E-state index contributed by atoms with van der Waals surface area (Å²) in [6.45, 7) is 2.21. The first-order valence-corrected chi connectivity index (χ1v) is 5.90. The maximum Gasteiger partial charge on any atom is 0.241 e. The van der Waals surface area contributed by atoms with E-state index in [4.69, 9.17) is 17.5 Å². The minimum atomic E-state index is -4.92. The number of unbranched alkanes of at least 4 members (excludes halogenated alkanes) is 1. The zero-order chi connectivity index (χ0) is 11.9. The predicted molar refractivity (Wildman–Crippen MR) is 52.9 cm³/mol. The van der Waals surface area contributed by atoms with Crippen molar-refractivity contribution in [1.29, 1.82) is 0 Å². The van der Waals surface area contributed by atoms with Crippen LogP contribution in [0.2, 0.25) is 0 Å². The molecule has 0 spiro atoms. The van der Waals surface area contributed by atoms with Crippen molar-refractivity contribution in [3.8, 4) is 0 Å². The molecule has 0 saturated carbocycles. The van der Waals surface area contributed by atoms with Crippen molar-refractivity contribution in [1.82, 2.24) is 4.98 Å². The van der Waals surface area contributed by atoms with Gasteiger partial charge in [-0.05, 0) is 6.42 Å². The minimum Gasteiger partial charge on any atom is -0.726 e. The zero-order valence-electron chi connectivity index (χ0n) is 8.80. The average Bonchev–Trinajstić information content (AvgIpc) is 2.45. The van der Waals surface area contributed by atoms with E-state index in [0.717, 1.165) is 0 Å². The molecule has 0 aliphatic carbocycles. The lowest BCUT2D eigenvalue weighted by molar-refractivity contribution is -0.677. The average molecular weight is 236 g/mol. The van der Waals surface area contributed by atoms with E-state index in [1.54, 1.807) is 0 Å². The van der Waals surface area contributed by atoms with Gasteiger partial charge in [-0.2, -0.15) is 0 Å². The first kappa shape index (κ1) is 14.1. The lowest BCUT2D eigenvalue weighted by atomic mass is 10.2. The fourth-order valence-electron chi connectivity index (χ4n) is 1.04. The van der Waals surface area contributed by atoms with E-state index in [-0.39, 0.29) is 0 Å². The highest BCUT2D eigenvalue weighted by atomic mass is 32.3. The van der Waals surface area contributed by atoms with Crippen molar-refractivity contribution >= 4 is 10.4 Å². The second-order valence-electron chi connectivity index (χ2n) is 3.07. The molecule has 6 nitrogen and oxygen atoms in total. The van der Waals surface area contributed by atoms with E-state index in [2.05, 4.69) is 29.7 Å². The molecule has 0 unspecified atom stereocenters. The third kappa shape index (κ3) is 9.39. The Balaban J connectivity index is 0.000000336. The normalized spacial score (nSPS) is 10.7. The first-order chi connectivity index (χ1) is 6.84. The summed E-state index contributed by atoms with van der Waals surface area (Å²) in [6.07, 6.45) is 7.79. The standard InChI is InChI=1S/C8H14N2.H2O4S/c1-3-4-5-8-6-9-7-10(8)2;1-5(2,3)4/h6-7H,3-5H2,1-2H3;(H2,1,2,3,4). The third-order valence-corrected chi connectivity index (χ3v) is 1.76. The molecule has 0 radical (unpaired) electrons. The molecule has 15 heavy (non-hydrogen) atoms. The summed E-state index contributed by atoms with van der Waals surface area (Å²) in [5.41, 5.74) is 1.39. The molecule has 0 aliphatic heterocycles. The van der Waals surface area contributed by atoms with Gasteiger partial charge in [-0.15, -0.1) is 0 Å². The number of hydrogen-bond donors (Lipinski definition) is 2. The van der Waals surface area contributed by atoms with Gasteiger partial charge in [0.15, 0.2) is 0 Å². The van der Waals surface area contributed by atoms with Gasteiger partial charge in [0.25, 0.3) is 0 Å². The van der Waals surface area contributed by atoms with Crippen molar-refractivity contribution in [2.45, 2.75) is 26.2 Å². The number of nitrogens with one attached hydrogen (secondary N) is 1. The number of aromatic nitrogens is 2. The van der Waals surface area contributed by atoms with Crippen LogP contribution in [0.3, 0.4) is 0 Å². The monoisotopic (exact) mass is 236 g/mol. The molecule has 0 amide bonds. The molecule has 7 heteroatoms. The molecule has 1 heterocycles. The summed E-state index contributed by atoms with van der Waals surface area (Å²) in [5.74, 6) is 0. The molecule has 0 atom stereocenters. The Kier molecular flexibility index (Phi) is 6.14. The Morgan fingerprint density at radius 1 is 1.60 bits per heavy atom. The summed E-state index contributed by atoms with van der Waals surface area (Å²) in [6, 6.07) is 0. The van der Waals surface area contributed by atoms with Crippen LogP contribution in [-0.2, 0) is 23.9 Å². The summed E-state index contributed by atoms with van der Waals surface area (Å²) >= 11 is 0. The molecule has 1 aromatic heterocycles. The Morgan fingerprint density at radius 3 is 2.47 bits per heavy atom. The van der Waals surface area contributed by atoms with Gasteiger partial charge >= 0.3 is 0 Å². The van der Waals surface area contributed by atoms with Crippen LogP contribution in [0.15, 0.2) is 12.5 Å². The van der Waals surface area contributed by atoms with E-state index in [0.29, 0.717) is 0 Å². The number of rotatable bonds is 3. The summed E-state index contributed by atoms with van der Waals surface area (Å²) in [5, 5.41) is 0. The highest BCUT2D eigenvalue weighted by molar-refractivity contribution is 7.79. The van der Waals surface area contributed by atoms with Gasteiger partial charge < -0.3 is 4.55 Å². The van der Waals surface area contributed by atoms with Crippen LogP contribution in [0.4, 0.5) is 0 Å². The van der Waals surface area contributed by atoms with Crippen LogP contribution in [0, 0.1) is 0 Å². The molecular formula is C8H16N2O4S. The maximum atomic E-state index is 8.63. The number of aryl methyl sites for hydroxylation is 2. The number of H-pyrrole nitrogens is 1. The van der Waals surface area contributed by atoms with E-state index in [9.17, 15) is 0 Å². The van der Waals surface area contributed by atoms with Crippen LogP contribution in [0.5, 0.6) is 0 Å². The minimum absolute atomic E-state index is 1.19. The van der Waals surface area contributed by atoms with E-state index < -0.39 is 10.4 Å². The summed E-state index contributed by atoms with van der Waals surface area (Å²) < 4.78 is 35.0. The van der Waals surface area contributed by atoms with Crippen molar-refractivity contribution in [2.24, 2.45) is 7.05 Å². The fourth-order valence-corrected chi connectivity index (χ4v) is 1.04. The number of hydrogen-bond acceptors (Lipinski definition) is 3. The Morgan fingerprint density at radius 2 is 2.13 bits per heavy atom. The van der Waals surface area contributed by atoms with Crippen molar-refractivity contribution in [3.63, 3.8) is 0 Å². The topological polar surface area (TPSA) is 97.1 Å². The number of imidazole rings is 1. The van der Waals surface area contributed by atoms with E-state index >= 15 is 0 Å². The zero-order valence-corrected chi connectivity index (χ0v) is 9.62. The smallest absolute Gasteiger partial charge is 0.241 e. The number of nitrogens with zero attached hydrogens (tertiary/aromatic N) is 1. The quantitative estimate of drug-likeness (QED) is 0.444. The van der Waals surface area contributed by atoms with Gasteiger partial charge in [0, 0.05) is 6.42 Å². The van der Waals surface area contributed by atoms with Gasteiger partial charge in [-0.3, -0.25) is 4.55 Å². The van der Waals surface area contributed by atoms with Crippen molar-refractivity contribution < 1.29 is 22.1 Å². The lowest BCUT2D eigenvalue weighted by Gasteiger charge is -1.92. The Labute approximate surface area is 89.5 Å². The van der Waals surface area contributed by atoms with Crippen molar-refractivity contribution in [2.75, 3.05) is 0 Å². The van der Waals surface area contributed by atoms with Crippen LogP contribution in [0.25, 0.3) is 0 Å². The Hall–Kier alpha value is -0.920. The molecule has 0 bridgehead atoms. The van der Waals surface area contributed by atoms with Crippen LogP contribution in [-0.4, -0.2) is 22.5 Å². The summed E-state index contributed by atoms with van der Waals surface area (Å²) in [4.78, 5) is 3.07. The maximum absolute atomic E-state index is 8.63. The van der Waals surface area contributed by atoms with E-state index in [1.165, 1.54) is 25.0 Å². The SMILES string of the molecule is CCCCc1c[nH]c[n+]1C.O=S(=O)([O-])O. The van der Waals surface area contributed by atoms with Crippen molar-refractivity contribution in [3.05, 3.63) is 18.2 Å². The Bertz CT molecular complexity index is 364. The van der Waals surface area contributed by atoms with Gasteiger partial charge in [0.05, 0.1) is 7.05 Å². The molecule has 0 aromatic carbocycles. The van der Waals surface area contributed by atoms with Gasteiger partial charge in [0.1, 0.15) is 11.9 Å². The largest absolute Gasteiger partial charge is 0.726 e.